The molecule has 0 bridgehead atoms. The zero-order valence-electron chi connectivity index (χ0n) is 15.4. The molecule has 29 heavy (non-hydrogen) atoms. The highest BCUT2D eigenvalue weighted by Crippen LogP contribution is 2.25. The molecule has 8 nitrogen and oxygen atoms in total. The van der Waals surface area contributed by atoms with E-state index in [-0.39, 0.29) is 38.9 Å². The summed E-state index contributed by atoms with van der Waals surface area (Å²) in [5.41, 5.74) is 0.390. The first-order valence-corrected chi connectivity index (χ1v) is 9.67. The molecule has 1 aromatic heterocycles. The molecule has 0 radical (unpaired) electrons. The van der Waals surface area contributed by atoms with Gasteiger partial charge in [-0.1, -0.05) is 35.8 Å². The first-order valence-electron chi connectivity index (χ1n) is 8.91. The number of benzene rings is 1. The van der Waals surface area contributed by atoms with Crippen LogP contribution in [0.4, 0.5) is 5.69 Å². The van der Waals surface area contributed by atoms with Gasteiger partial charge in [0, 0.05) is 19.1 Å². The molecule has 0 saturated carbocycles. The molecule has 1 fully saturated rings. The van der Waals surface area contributed by atoms with Gasteiger partial charge in [0.25, 0.3) is 11.8 Å². The molecule has 1 atom stereocenters. The Morgan fingerprint density at radius 2 is 1.97 bits per heavy atom. The molecule has 10 heteroatoms. The van der Waals surface area contributed by atoms with Crippen molar-refractivity contribution in [3.8, 4) is 0 Å². The number of carbonyl (C=O) groups excluding carboxylic acids is 3. The van der Waals surface area contributed by atoms with Gasteiger partial charge in [-0.15, -0.1) is 0 Å². The maximum Gasteiger partial charge on any atom is 0.271 e. The minimum atomic E-state index is -0.559. The smallest absolute Gasteiger partial charge is 0.271 e. The minimum Gasteiger partial charge on any atom is -0.346 e. The van der Waals surface area contributed by atoms with Gasteiger partial charge in [-0.2, -0.15) is 5.10 Å². The van der Waals surface area contributed by atoms with Crippen LogP contribution in [0.15, 0.2) is 37.1 Å². The molecule has 3 amide bonds. The number of nitrogens with one attached hydrogen (secondary N) is 3. The second-order valence-electron chi connectivity index (χ2n) is 6.51. The number of aromatic nitrogens is 2. The maximum absolute atomic E-state index is 12.7. The van der Waals surface area contributed by atoms with Gasteiger partial charge in [-0.3, -0.25) is 19.5 Å². The van der Waals surface area contributed by atoms with Crippen LogP contribution < -0.4 is 10.6 Å². The van der Waals surface area contributed by atoms with Crippen molar-refractivity contribution >= 4 is 46.6 Å². The Bertz CT molecular complexity index is 939. The van der Waals surface area contributed by atoms with Crippen molar-refractivity contribution in [3.63, 3.8) is 0 Å². The summed E-state index contributed by atoms with van der Waals surface area (Å²) in [4.78, 5) is 38.7. The van der Waals surface area contributed by atoms with E-state index in [1.54, 1.807) is 23.1 Å². The summed E-state index contributed by atoms with van der Waals surface area (Å²) >= 11 is 12.1. The fourth-order valence-electron chi connectivity index (χ4n) is 3.14. The Kier molecular flexibility index (Phi) is 6.56. The molecule has 1 aliphatic heterocycles. The van der Waals surface area contributed by atoms with Crippen molar-refractivity contribution in [1.29, 1.82) is 0 Å². The number of likely N-dealkylation sites (tertiary alicyclic amines) is 1. The van der Waals surface area contributed by atoms with E-state index < -0.39 is 11.8 Å². The number of aromatic amines is 1. The highest BCUT2D eigenvalue weighted by molar-refractivity contribution is 6.40. The van der Waals surface area contributed by atoms with E-state index in [1.165, 1.54) is 12.3 Å². The largest absolute Gasteiger partial charge is 0.346 e. The minimum absolute atomic E-state index is 0.0914. The van der Waals surface area contributed by atoms with Crippen LogP contribution in [0.3, 0.4) is 0 Å². The molecular weight excluding hydrogens is 417 g/mol. The molecule has 0 spiro atoms. The van der Waals surface area contributed by atoms with Gasteiger partial charge in [0.1, 0.15) is 5.69 Å². The molecule has 3 rings (SSSR count). The summed E-state index contributed by atoms with van der Waals surface area (Å²) in [7, 11) is 0. The average Bonchev–Trinajstić information content (AvgIpc) is 3.15. The third kappa shape index (κ3) is 4.78. The number of amides is 3. The number of H-pyrrole nitrogens is 1. The molecular formula is C19H19Cl2N5O3. The highest BCUT2D eigenvalue weighted by atomic mass is 35.5. The van der Waals surface area contributed by atoms with Crippen LogP contribution in [0, 0.1) is 0 Å². The lowest BCUT2D eigenvalue weighted by molar-refractivity contribution is -0.127. The van der Waals surface area contributed by atoms with E-state index in [1.807, 2.05) is 0 Å². The summed E-state index contributed by atoms with van der Waals surface area (Å²) in [5.74, 6) is -1.17. The van der Waals surface area contributed by atoms with Gasteiger partial charge < -0.3 is 15.5 Å². The third-order valence-corrected chi connectivity index (χ3v) is 5.18. The summed E-state index contributed by atoms with van der Waals surface area (Å²) in [6, 6.07) is 4.50. The van der Waals surface area contributed by atoms with Gasteiger partial charge in [-0.25, -0.2) is 0 Å². The van der Waals surface area contributed by atoms with Crippen LogP contribution in [0.5, 0.6) is 0 Å². The van der Waals surface area contributed by atoms with Gasteiger partial charge in [0.2, 0.25) is 5.91 Å². The normalized spacial score (nSPS) is 16.2. The number of carbonyl (C=O) groups is 3. The molecule has 1 saturated heterocycles. The lowest BCUT2D eigenvalue weighted by Crippen LogP contribution is -2.49. The molecule has 1 unspecified atom stereocenters. The van der Waals surface area contributed by atoms with Crippen LogP contribution in [0.2, 0.25) is 10.0 Å². The van der Waals surface area contributed by atoms with E-state index in [0.717, 1.165) is 12.8 Å². The van der Waals surface area contributed by atoms with Gasteiger partial charge in [-0.05, 0) is 31.1 Å². The quantitative estimate of drug-likeness (QED) is 0.627. The number of nitrogens with zero attached hydrogens (tertiary/aromatic N) is 2. The standard InChI is InChI=1S/C19H19Cl2N5O3/c1-2-15(27)26-8-4-5-11(10-26)23-19(29)17-14(9-22-25-17)24-18(28)16-12(20)6-3-7-13(16)21/h2-3,6-7,9,11H,1,4-5,8,10H2,(H,22,25)(H,23,29)(H,24,28). The van der Waals surface area contributed by atoms with E-state index in [2.05, 4.69) is 27.4 Å². The van der Waals surface area contributed by atoms with Crippen LogP contribution in [-0.4, -0.2) is 52.0 Å². The molecule has 2 heterocycles. The second kappa shape index (κ2) is 9.11. The Morgan fingerprint density at radius 3 is 2.66 bits per heavy atom. The Balaban J connectivity index is 1.69. The molecule has 1 aromatic carbocycles. The van der Waals surface area contributed by atoms with E-state index in [9.17, 15) is 14.4 Å². The third-order valence-electron chi connectivity index (χ3n) is 4.55. The van der Waals surface area contributed by atoms with Crippen molar-refractivity contribution in [2.75, 3.05) is 18.4 Å². The Labute approximate surface area is 177 Å². The Morgan fingerprint density at radius 1 is 1.24 bits per heavy atom. The number of hydrogen-bond acceptors (Lipinski definition) is 4. The summed E-state index contributed by atoms with van der Waals surface area (Å²) in [5, 5.41) is 12.3. The second-order valence-corrected chi connectivity index (χ2v) is 7.32. The molecule has 0 aliphatic carbocycles. The molecule has 1 aliphatic rings. The van der Waals surface area contributed by atoms with Gasteiger partial charge >= 0.3 is 0 Å². The van der Waals surface area contributed by atoms with E-state index >= 15 is 0 Å². The SMILES string of the molecule is C=CC(=O)N1CCCC(NC(=O)c2[nH]ncc2NC(=O)c2c(Cl)cccc2Cl)C1. The molecule has 2 aromatic rings. The maximum atomic E-state index is 12.7. The lowest BCUT2D eigenvalue weighted by Gasteiger charge is -2.32. The van der Waals surface area contributed by atoms with Crippen molar-refractivity contribution in [2.45, 2.75) is 18.9 Å². The predicted molar refractivity (Wildman–Crippen MR) is 110 cm³/mol. The van der Waals surface area contributed by atoms with Crippen molar-refractivity contribution in [1.82, 2.24) is 20.4 Å². The first kappa shape index (κ1) is 20.9. The molecule has 152 valence electrons. The van der Waals surface area contributed by atoms with E-state index in [4.69, 9.17) is 23.2 Å². The Hall–Kier alpha value is -2.84. The zero-order chi connectivity index (χ0) is 21.0. The fourth-order valence-corrected chi connectivity index (χ4v) is 3.70. The average molecular weight is 436 g/mol. The number of halogens is 2. The van der Waals surface area contributed by atoms with Gasteiger partial charge in [0.05, 0.1) is 27.5 Å². The number of rotatable bonds is 5. The van der Waals surface area contributed by atoms with Crippen molar-refractivity contribution in [3.05, 3.63) is 58.4 Å². The lowest BCUT2D eigenvalue weighted by atomic mass is 10.1. The van der Waals surface area contributed by atoms with Crippen molar-refractivity contribution in [2.24, 2.45) is 0 Å². The predicted octanol–water partition coefficient (Wildman–Crippen LogP) is 2.88. The fraction of sp³-hybridized carbons (Fsp3) is 0.263. The number of piperidine rings is 1. The van der Waals surface area contributed by atoms with Crippen LogP contribution in [-0.2, 0) is 4.79 Å². The first-order chi connectivity index (χ1) is 13.9. The number of hydrogen-bond donors (Lipinski definition) is 3. The number of anilines is 1. The van der Waals surface area contributed by atoms with Crippen molar-refractivity contribution < 1.29 is 14.4 Å². The van der Waals surface area contributed by atoms with E-state index in [0.29, 0.717) is 13.1 Å². The zero-order valence-corrected chi connectivity index (χ0v) is 16.9. The summed E-state index contributed by atoms with van der Waals surface area (Å²) in [6.45, 7) is 4.50. The van der Waals surface area contributed by atoms with Crippen LogP contribution in [0.25, 0.3) is 0 Å². The van der Waals surface area contributed by atoms with Gasteiger partial charge in [0.15, 0.2) is 0 Å². The highest BCUT2D eigenvalue weighted by Gasteiger charge is 2.26. The molecule has 3 N–H and O–H groups in total. The topological polar surface area (TPSA) is 107 Å². The summed E-state index contributed by atoms with van der Waals surface area (Å²) < 4.78 is 0. The van der Waals surface area contributed by atoms with Crippen LogP contribution >= 0.6 is 23.2 Å². The summed E-state index contributed by atoms with van der Waals surface area (Å²) in [6.07, 6.45) is 4.08. The monoisotopic (exact) mass is 435 g/mol. The van der Waals surface area contributed by atoms with Crippen LogP contribution in [0.1, 0.15) is 33.7 Å².